The van der Waals surface area contributed by atoms with Crippen molar-refractivity contribution in [3.63, 3.8) is 0 Å². The average Bonchev–Trinajstić information content (AvgIpc) is 2.37. The topological polar surface area (TPSA) is 142 Å². The summed E-state index contributed by atoms with van der Waals surface area (Å²) in [5, 5.41) is 8.33. The Labute approximate surface area is 117 Å². The maximum atomic E-state index is 10.7. The van der Waals surface area contributed by atoms with E-state index in [4.69, 9.17) is 16.6 Å². The third kappa shape index (κ3) is 7.05. The monoisotopic (exact) mass is 290 g/mol. The van der Waals surface area contributed by atoms with E-state index in [0.29, 0.717) is 13.0 Å². The van der Waals surface area contributed by atoms with Gasteiger partial charge >= 0.3 is 17.9 Å². The van der Waals surface area contributed by atoms with Crippen molar-refractivity contribution in [1.82, 2.24) is 0 Å². The molecule has 0 aromatic heterocycles. The number of carboxylic acid groups (broad SMARTS) is 1. The van der Waals surface area contributed by atoms with Gasteiger partial charge in [0, 0.05) is 0 Å². The Morgan fingerprint density at radius 3 is 2.00 bits per heavy atom. The number of carboxylic acids is 1. The van der Waals surface area contributed by atoms with Crippen LogP contribution in [0.3, 0.4) is 0 Å². The molecule has 1 heterocycles. The second kappa shape index (κ2) is 9.27. The summed E-state index contributed by atoms with van der Waals surface area (Å²) in [6.45, 7) is 3.56. The van der Waals surface area contributed by atoms with E-state index in [0.717, 1.165) is 12.8 Å². The normalized spacial score (nSPS) is 23.0. The molecule has 8 heteroatoms. The summed E-state index contributed by atoms with van der Waals surface area (Å²) in [6.07, 6.45) is 0.671. The van der Waals surface area contributed by atoms with E-state index in [1.807, 2.05) is 0 Å². The van der Waals surface area contributed by atoms with E-state index in [-0.39, 0.29) is 0 Å². The lowest BCUT2D eigenvalue weighted by Gasteiger charge is -2.22. The van der Waals surface area contributed by atoms with Crippen LogP contribution in [-0.2, 0) is 23.9 Å². The van der Waals surface area contributed by atoms with Gasteiger partial charge < -0.3 is 26.0 Å². The van der Waals surface area contributed by atoms with E-state index in [9.17, 15) is 14.4 Å². The quantitative estimate of drug-likeness (QED) is 0.449. The predicted octanol–water partition coefficient (Wildman–Crippen LogP) is -0.609. The second-order valence-corrected chi connectivity index (χ2v) is 4.39. The number of cyclic esters (lactones) is 2. The number of esters is 2. The molecule has 0 saturated carbocycles. The van der Waals surface area contributed by atoms with Gasteiger partial charge in [0.25, 0.3) is 0 Å². The van der Waals surface area contributed by atoms with Crippen LogP contribution in [0.2, 0.25) is 0 Å². The highest BCUT2D eigenvalue weighted by Gasteiger charge is 2.32. The first-order valence-corrected chi connectivity index (χ1v) is 6.39. The highest BCUT2D eigenvalue weighted by molar-refractivity contribution is 5.86. The number of aliphatic carboxylic acids is 1. The van der Waals surface area contributed by atoms with E-state index in [1.165, 1.54) is 13.8 Å². The molecule has 1 fully saturated rings. The summed E-state index contributed by atoms with van der Waals surface area (Å²) in [7, 11) is 0. The summed E-state index contributed by atoms with van der Waals surface area (Å²) < 4.78 is 9.19. The van der Waals surface area contributed by atoms with Crippen LogP contribution in [0.4, 0.5) is 0 Å². The molecule has 0 aromatic carbocycles. The first-order valence-electron chi connectivity index (χ1n) is 6.39. The lowest BCUT2D eigenvalue weighted by atomic mass is 10.1. The predicted molar refractivity (Wildman–Crippen MR) is 69.6 cm³/mol. The largest absolute Gasteiger partial charge is 0.480 e. The third-order valence-corrected chi connectivity index (χ3v) is 2.54. The van der Waals surface area contributed by atoms with Crippen molar-refractivity contribution in [2.75, 3.05) is 6.54 Å². The smallest absolute Gasteiger partial charge is 0.347 e. The molecule has 0 aromatic rings. The second-order valence-electron chi connectivity index (χ2n) is 4.39. The Bertz CT molecular complexity index is 327. The summed E-state index contributed by atoms with van der Waals surface area (Å²) in [5.74, 6) is -1.89. The van der Waals surface area contributed by atoms with Crippen molar-refractivity contribution in [3.05, 3.63) is 0 Å². The van der Waals surface area contributed by atoms with Gasteiger partial charge in [-0.25, -0.2) is 9.59 Å². The van der Waals surface area contributed by atoms with Gasteiger partial charge in [-0.15, -0.1) is 0 Å². The van der Waals surface area contributed by atoms with Crippen molar-refractivity contribution < 1.29 is 29.0 Å². The zero-order valence-electron chi connectivity index (χ0n) is 11.7. The molecule has 1 saturated heterocycles. The van der Waals surface area contributed by atoms with Crippen LogP contribution in [0.25, 0.3) is 0 Å². The fourth-order valence-corrected chi connectivity index (χ4v) is 1.27. The minimum atomic E-state index is -0.933. The molecule has 0 spiro atoms. The standard InChI is InChI=1S/C6H14N2O2.C6H8O4/c7-4-2-1-3-5(8)6(9)10;1-3-5(7)10-4(2)6(8)9-3/h5H,1-4,7-8H2,(H,9,10);3-4H,1-2H3/t5-;/m0./s1. The van der Waals surface area contributed by atoms with Gasteiger partial charge in [-0.05, 0) is 33.2 Å². The van der Waals surface area contributed by atoms with Crippen LogP contribution in [0.1, 0.15) is 33.1 Å². The summed E-state index contributed by atoms with van der Waals surface area (Å²) in [6, 6.07) is -0.716. The van der Waals surface area contributed by atoms with Crippen LogP contribution >= 0.6 is 0 Å². The molecule has 1 aliphatic rings. The average molecular weight is 290 g/mol. The molecule has 0 bridgehead atoms. The molecule has 20 heavy (non-hydrogen) atoms. The zero-order chi connectivity index (χ0) is 15.7. The number of unbranched alkanes of at least 4 members (excludes halogenated alkanes) is 1. The van der Waals surface area contributed by atoms with Gasteiger partial charge in [-0.1, -0.05) is 6.42 Å². The zero-order valence-corrected chi connectivity index (χ0v) is 11.7. The first-order chi connectivity index (χ1) is 9.29. The molecule has 116 valence electrons. The Balaban J connectivity index is 0.000000361. The van der Waals surface area contributed by atoms with E-state index in [1.54, 1.807) is 0 Å². The highest BCUT2D eigenvalue weighted by atomic mass is 16.6. The number of carbonyl (C=O) groups excluding carboxylic acids is 2. The van der Waals surface area contributed by atoms with Gasteiger partial charge in [0.05, 0.1) is 0 Å². The van der Waals surface area contributed by atoms with Crippen LogP contribution in [0.5, 0.6) is 0 Å². The molecular weight excluding hydrogens is 268 g/mol. The fraction of sp³-hybridized carbons (Fsp3) is 0.750. The van der Waals surface area contributed by atoms with Gasteiger partial charge in [-0.3, -0.25) is 4.79 Å². The number of nitrogens with two attached hydrogens (primary N) is 2. The van der Waals surface area contributed by atoms with Crippen molar-refractivity contribution in [2.45, 2.75) is 51.4 Å². The molecule has 1 aliphatic heterocycles. The minimum Gasteiger partial charge on any atom is -0.480 e. The summed E-state index contributed by atoms with van der Waals surface area (Å²) in [5.41, 5.74) is 10.4. The summed E-state index contributed by atoms with van der Waals surface area (Å²) >= 11 is 0. The van der Waals surface area contributed by atoms with Crippen molar-refractivity contribution in [3.8, 4) is 0 Å². The number of rotatable bonds is 5. The highest BCUT2D eigenvalue weighted by Crippen LogP contribution is 2.08. The first kappa shape index (κ1) is 18.3. The van der Waals surface area contributed by atoms with Crippen molar-refractivity contribution >= 4 is 17.9 Å². The SMILES string of the molecule is CC1OC(=O)C(C)OC1=O.NCCCC[C@H](N)C(=O)O. The molecule has 8 nitrogen and oxygen atoms in total. The van der Waals surface area contributed by atoms with Gasteiger partial charge in [0.2, 0.25) is 0 Å². The molecule has 5 N–H and O–H groups in total. The van der Waals surface area contributed by atoms with Crippen LogP contribution in [-0.4, -0.2) is 47.8 Å². The lowest BCUT2D eigenvalue weighted by Crippen LogP contribution is -2.40. The number of hydrogen-bond donors (Lipinski definition) is 3. The third-order valence-electron chi connectivity index (χ3n) is 2.54. The molecule has 0 aliphatic carbocycles. The Morgan fingerprint density at radius 1 is 1.20 bits per heavy atom. The Morgan fingerprint density at radius 2 is 1.65 bits per heavy atom. The Kier molecular flexibility index (Phi) is 8.49. The van der Waals surface area contributed by atoms with Crippen LogP contribution < -0.4 is 11.5 Å². The maximum absolute atomic E-state index is 10.7. The molecular formula is C12H22N2O6. The molecule has 3 atom stereocenters. The maximum Gasteiger partial charge on any atom is 0.347 e. The summed E-state index contributed by atoms with van der Waals surface area (Å²) in [4.78, 5) is 31.4. The minimum absolute atomic E-state index is 0.480. The van der Waals surface area contributed by atoms with Gasteiger partial charge in [0.15, 0.2) is 12.2 Å². The molecule has 2 unspecified atom stereocenters. The van der Waals surface area contributed by atoms with Gasteiger partial charge in [-0.2, -0.15) is 0 Å². The molecule has 0 amide bonds. The van der Waals surface area contributed by atoms with E-state index < -0.39 is 36.2 Å². The van der Waals surface area contributed by atoms with Crippen LogP contribution in [0.15, 0.2) is 0 Å². The van der Waals surface area contributed by atoms with Crippen molar-refractivity contribution in [2.24, 2.45) is 11.5 Å². The molecule has 0 radical (unpaired) electrons. The molecule has 1 rings (SSSR count). The van der Waals surface area contributed by atoms with Crippen LogP contribution in [0, 0.1) is 0 Å². The fourth-order valence-electron chi connectivity index (χ4n) is 1.27. The van der Waals surface area contributed by atoms with Gasteiger partial charge in [0.1, 0.15) is 6.04 Å². The number of ether oxygens (including phenoxy) is 2. The van der Waals surface area contributed by atoms with E-state index in [2.05, 4.69) is 9.47 Å². The Hall–Kier alpha value is -1.67. The lowest BCUT2D eigenvalue weighted by molar-refractivity contribution is -0.191. The van der Waals surface area contributed by atoms with E-state index >= 15 is 0 Å². The van der Waals surface area contributed by atoms with Crippen molar-refractivity contribution in [1.29, 1.82) is 0 Å². The number of hydrogen-bond acceptors (Lipinski definition) is 7. The number of carbonyl (C=O) groups is 3.